The van der Waals surface area contributed by atoms with E-state index in [-0.39, 0.29) is 17.8 Å². The number of rotatable bonds is 6. The van der Waals surface area contributed by atoms with Crippen molar-refractivity contribution in [2.24, 2.45) is 7.05 Å². The van der Waals surface area contributed by atoms with E-state index in [1.807, 2.05) is 25.4 Å². The van der Waals surface area contributed by atoms with Gasteiger partial charge in [0.25, 0.3) is 5.91 Å². The Kier molecular flexibility index (Phi) is 6.47. The number of fused-ring (bicyclic) bond motifs is 1. The minimum atomic E-state index is -0.422. The monoisotopic (exact) mass is 487 g/mol. The van der Waals surface area contributed by atoms with E-state index in [4.69, 9.17) is 0 Å². The zero-order valence-electron chi connectivity index (χ0n) is 20.6. The molecule has 4 aromatic heterocycles. The van der Waals surface area contributed by atoms with Gasteiger partial charge in [-0.3, -0.25) is 23.7 Å². The van der Waals surface area contributed by atoms with Gasteiger partial charge in [0, 0.05) is 37.5 Å². The molecule has 11 nitrogen and oxygen atoms in total. The van der Waals surface area contributed by atoms with E-state index in [1.54, 1.807) is 40.7 Å². The number of carbonyl (C=O) groups excluding carboxylic acids is 2. The topological polar surface area (TPSA) is 122 Å². The van der Waals surface area contributed by atoms with Gasteiger partial charge in [0.1, 0.15) is 0 Å². The molecular formula is C25H29N9O2. The molecule has 0 aromatic carbocycles. The Hall–Kier alpha value is -4.12. The number of likely N-dealkylation sites (tertiary alicyclic amines) is 1. The molecular weight excluding hydrogens is 458 g/mol. The lowest BCUT2D eigenvalue weighted by Gasteiger charge is -2.31. The summed E-state index contributed by atoms with van der Waals surface area (Å²) in [6.07, 6.45) is 10.8. The average Bonchev–Trinajstić information content (AvgIpc) is 3.48. The van der Waals surface area contributed by atoms with Crippen molar-refractivity contribution in [3.05, 3.63) is 54.5 Å². The highest BCUT2D eigenvalue weighted by Crippen LogP contribution is 2.23. The maximum absolute atomic E-state index is 13.1. The third kappa shape index (κ3) is 4.96. The fraction of sp³-hybridized carbons (Fsp3) is 0.360. The van der Waals surface area contributed by atoms with Crippen LogP contribution in [0.4, 0.5) is 11.4 Å². The first-order chi connectivity index (χ1) is 17.4. The van der Waals surface area contributed by atoms with Crippen LogP contribution in [0.5, 0.6) is 0 Å². The van der Waals surface area contributed by atoms with Crippen molar-refractivity contribution in [2.75, 3.05) is 24.2 Å². The maximum atomic E-state index is 13.1. The fourth-order valence-corrected chi connectivity index (χ4v) is 4.53. The number of piperidine rings is 1. The first-order valence-corrected chi connectivity index (χ1v) is 12.0. The molecule has 11 heteroatoms. The Morgan fingerprint density at radius 3 is 2.72 bits per heavy atom. The van der Waals surface area contributed by atoms with E-state index in [2.05, 4.69) is 42.9 Å². The molecule has 2 amide bonds. The average molecular weight is 488 g/mol. The number of hydrogen-bond donors (Lipinski definition) is 2. The fourth-order valence-electron chi connectivity index (χ4n) is 4.53. The molecule has 1 unspecified atom stereocenters. The molecule has 5 heterocycles. The number of amides is 2. The van der Waals surface area contributed by atoms with Crippen LogP contribution in [0.2, 0.25) is 0 Å². The Morgan fingerprint density at radius 1 is 1.08 bits per heavy atom. The predicted octanol–water partition coefficient (Wildman–Crippen LogP) is 2.90. The molecule has 36 heavy (non-hydrogen) atoms. The highest BCUT2D eigenvalue weighted by atomic mass is 16.2. The standard InChI is InChI=1S/C25H29N9O2/c1-16-21(11-19(14-26-16)28-23(35)12-20-6-4-5-8-32(20)2)29-25(36)24-31-30-22-10-17(7-9-34(22)24)18-13-27-33(3)15-18/h7,9-11,13-15,20H,4-6,8,12H2,1-3H3,(H,28,35)(H,29,36). The number of hydrogen-bond acceptors (Lipinski definition) is 7. The Bertz CT molecular complexity index is 1420. The molecule has 1 saturated heterocycles. The van der Waals surface area contributed by atoms with Crippen LogP contribution in [0.25, 0.3) is 16.8 Å². The lowest BCUT2D eigenvalue weighted by atomic mass is 10.00. The second-order valence-electron chi connectivity index (χ2n) is 9.26. The molecule has 1 aliphatic heterocycles. The van der Waals surface area contributed by atoms with Gasteiger partial charge >= 0.3 is 0 Å². The summed E-state index contributed by atoms with van der Waals surface area (Å²) in [6.45, 7) is 2.81. The lowest BCUT2D eigenvalue weighted by Crippen LogP contribution is -2.38. The largest absolute Gasteiger partial charge is 0.325 e. The van der Waals surface area contributed by atoms with Crippen molar-refractivity contribution < 1.29 is 9.59 Å². The quantitative estimate of drug-likeness (QED) is 0.429. The summed E-state index contributed by atoms with van der Waals surface area (Å²) in [6, 6.07) is 5.70. The minimum absolute atomic E-state index is 0.0652. The van der Waals surface area contributed by atoms with E-state index < -0.39 is 5.91 Å². The summed E-state index contributed by atoms with van der Waals surface area (Å²) >= 11 is 0. The number of aromatic nitrogens is 6. The van der Waals surface area contributed by atoms with Crippen molar-refractivity contribution in [1.29, 1.82) is 0 Å². The van der Waals surface area contributed by atoms with Crippen LogP contribution in [-0.4, -0.2) is 65.7 Å². The molecule has 1 fully saturated rings. The SMILES string of the molecule is Cc1ncc(NC(=O)CC2CCCCN2C)cc1NC(=O)c1nnc2cc(-c3cnn(C)c3)ccn12. The van der Waals surface area contributed by atoms with Crippen LogP contribution in [-0.2, 0) is 11.8 Å². The molecule has 0 radical (unpaired) electrons. The summed E-state index contributed by atoms with van der Waals surface area (Å²) < 4.78 is 3.35. The van der Waals surface area contributed by atoms with Gasteiger partial charge in [-0.1, -0.05) is 6.42 Å². The summed E-state index contributed by atoms with van der Waals surface area (Å²) in [7, 11) is 3.92. The van der Waals surface area contributed by atoms with Gasteiger partial charge in [-0.05, 0) is 57.1 Å². The van der Waals surface area contributed by atoms with Gasteiger partial charge in [0.2, 0.25) is 11.7 Å². The van der Waals surface area contributed by atoms with Crippen LogP contribution in [0.3, 0.4) is 0 Å². The van der Waals surface area contributed by atoms with E-state index in [9.17, 15) is 9.59 Å². The van der Waals surface area contributed by atoms with Gasteiger partial charge in [-0.25, -0.2) is 0 Å². The Morgan fingerprint density at radius 2 is 1.94 bits per heavy atom. The Labute approximate surface area is 208 Å². The van der Waals surface area contributed by atoms with Crippen molar-refractivity contribution in [2.45, 2.75) is 38.6 Å². The number of nitrogens with zero attached hydrogens (tertiary/aromatic N) is 7. The summed E-state index contributed by atoms with van der Waals surface area (Å²) in [5.41, 5.74) is 4.08. The van der Waals surface area contributed by atoms with Gasteiger partial charge in [-0.15, -0.1) is 10.2 Å². The lowest BCUT2D eigenvalue weighted by molar-refractivity contribution is -0.117. The smallest absolute Gasteiger partial charge is 0.294 e. The summed E-state index contributed by atoms with van der Waals surface area (Å²) in [5, 5.41) is 18.2. The Balaban J connectivity index is 1.29. The van der Waals surface area contributed by atoms with Gasteiger partial charge in [0.05, 0.1) is 29.5 Å². The zero-order valence-corrected chi connectivity index (χ0v) is 20.6. The highest BCUT2D eigenvalue weighted by molar-refractivity contribution is 6.03. The highest BCUT2D eigenvalue weighted by Gasteiger charge is 2.22. The molecule has 0 aliphatic carbocycles. The van der Waals surface area contributed by atoms with Crippen LogP contribution < -0.4 is 10.6 Å². The maximum Gasteiger partial charge on any atom is 0.294 e. The van der Waals surface area contributed by atoms with Crippen LogP contribution >= 0.6 is 0 Å². The number of nitrogens with one attached hydrogen (secondary N) is 2. The normalized spacial score (nSPS) is 16.2. The number of anilines is 2. The number of aryl methyl sites for hydroxylation is 2. The molecule has 1 atom stereocenters. The first kappa shape index (κ1) is 23.6. The molecule has 4 aromatic rings. The van der Waals surface area contributed by atoms with Crippen molar-refractivity contribution in [3.8, 4) is 11.1 Å². The minimum Gasteiger partial charge on any atom is -0.325 e. The molecule has 186 valence electrons. The molecule has 5 rings (SSSR count). The van der Waals surface area contributed by atoms with E-state index in [0.717, 1.165) is 30.5 Å². The van der Waals surface area contributed by atoms with Crippen LogP contribution in [0.1, 0.15) is 42.0 Å². The van der Waals surface area contributed by atoms with Crippen molar-refractivity contribution in [1.82, 2.24) is 34.3 Å². The van der Waals surface area contributed by atoms with E-state index in [1.165, 1.54) is 6.42 Å². The van der Waals surface area contributed by atoms with E-state index >= 15 is 0 Å². The van der Waals surface area contributed by atoms with Crippen LogP contribution in [0, 0.1) is 6.92 Å². The summed E-state index contributed by atoms with van der Waals surface area (Å²) in [5.74, 6) is -0.338. The molecule has 0 spiro atoms. The molecule has 1 aliphatic rings. The summed E-state index contributed by atoms with van der Waals surface area (Å²) in [4.78, 5) is 32.3. The second-order valence-corrected chi connectivity index (χ2v) is 9.26. The van der Waals surface area contributed by atoms with Gasteiger partial charge in [-0.2, -0.15) is 5.10 Å². The zero-order chi connectivity index (χ0) is 25.2. The van der Waals surface area contributed by atoms with Gasteiger partial charge < -0.3 is 15.5 Å². The predicted molar refractivity (Wildman–Crippen MR) is 136 cm³/mol. The number of carbonyl (C=O) groups is 2. The van der Waals surface area contributed by atoms with E-state index in [0.29, 0.717) is 29.1 Å². The first-order valence-electron chi connectivity index (χ1n) is 12.0. The third-order valence-corrected chi connectivity index (χ3v) is 6.61. The molecule has 0 saturated carbocycles. The van der Waals surface area contributed by atoms with Crippen molar-refractivity contribution >= 4 is 28.8 Å². The third-order valence-electron chi connectivity index (χ3n) is 6.61. The van der Waals surface area contributed by atoms with Gasteiger partial charge in [0.15, 0.2) is 5.65 Å². The second kappa shape index (κ2) is 9.86. The number of pyridine rings is 2. The molecule has 0 bridgehead atoms. The van der Waals surface area contributed by atoms with Crippen molar-refractivity contribution in [3.63, 3.8) is 0 Å². The molecule has 2 N–H and O–H groups in total. The van der Waals surface area contributed by atoms with Crippen LogP contribution in [0.15, 0.2) is 43.0 Å².